The monoisotopic (exact) mass is 601 g/mol. The van der Waals surface area contributed by atoms with Gasteiger partial charge in [-0.05, 0) is 67.5 Å². The average Bonchev–Trinajstić information content (AvgIpc) is 2.93. The van der Waals surface area contributed by atoms with Gasteiger partial charge < -0.3 is 30.6 Å². The predicted octanol–water partition coefficient (Wildman–Crippen LogP) is 2.98. The van der Waals surface area contributed by atoms with Crippen LogP contribution in [0.5, 0.6) is 0 Å². The van der Waals surface area contributed by atoms with Crippen LogP contribution in [0.1, 0.15) is 62.6 Å². The van der Waals surface area contributed by atoms with Crippen LogP contribution in [0.2, 0.25) is 0 Å². The lowest BCUT2D eigenvalue weighted by Crippen LogP contribution is -2.52. The number of piperidine rings is 1. The smallest absolute Gasteiger partial charge is 0.336 e. The first-order valence-electron chi connectivity index (χ1n) is 14.3. The summed E-state index contributed by atoms with van der Waals surface area (Å²) in [7, 11) is 0. The van der Waals surface area contributed by atoms with Crippen LogP contribution < -0.4 is 10.2 Å². The molecule has 2 aromatic carbocycles. The molecule has 0 aromatic heterocycles. The van der Waals surface area contributed by atoms with Crippen molar-refractivity contribution in [3.8, 4) is 0 Å². The van der Waals surface area contributed by atoms with Crippen LogP contribution in [0.3, 0.4) is 0 Å². The second-order valence-electron chi connectivity index (χ2n) is 11.2. The van der Waals surface area contributed by atoms with E-state index in [-0.39, 0.29) is 11.7 Å². The Balaban J connectivity index is 0.000000331. The number of aliphatic hydroxyl groups is 1. The van der Waals surface area contributed by atoms with Gasteiger partial charge in [0.25, 0.3) is 0 Å². The highest BCUT2D eigenvalue weighted by Gasteiger charge is 2.41. The number of hydrogen-bond donors (Lipinski definition) is 5. The second kappa shape index (κ2) is 14.4. The van der Waals surface area contributed by atoms with Crippen LogP contribution in [-0.2, 0) is 37.7 Å². The highest BCUT2D eigenvalue weighted by Crippen LogP contribution is 2.34. The number of carboxylic acids is 3. The van der Waals surface area contributed by atoms with Crippen LogP contribution in [0.25, 0.3) is 0 Å². The highest BCUT2D eigenvalue weighted by molar-refractivity contribution is 5.88. The molecule has 12 heteroatoms. The number of benzene rings is 2. The second-order valence-corrected chi connectivity index (χ2v) is 11.2. The van der Waals surface area contributed by atoms with E-state index in [1.807, 2.05) is 12.1 Å². The number of anilines is 1. The van der Waals surface area contributed by atoms with E-state index in [0.29, 0.717) is 0 Å². The molecule has 11 nitrogen and oxygen atoms in total. The van der Waals surface area contributed by atoms with E-state index in [9.17, 15) is 23.6 Å². The lowest BCUT2D eigenvalue weighted by molar-refractivity contribution is -0.170. The Labute approximate surface area is 249 Å². The molecule has 5 N–H and O–H groups in total. The maximum absolute atomic E-state index is 13.4. The number of carboxylic acid groups (broad SMARTS) is 3. The largest absolute Gasteiger partial charge is 0.481 e. The molecule has 2 aliphatic rings. The van der Waals surface area contributed by atoms with E-state index in [1.54, 1.807) is 6.92 Å². The van der Waals surface area contributed by atoms with E-state index < -0.39 is 41.9 Å². The molecule has 0 saturated carbocycles. The molecule has 0 radical (unpaired) electrons. The molecule has 4 rings (SSSR count). The fourth-order valence-electron chi connectivity index (χ4n) is 5.81. The number of rotatable bonds is 10. The van der Waals surface area contributed by atoms with Crippen molar-refractivity contribution in [2.24, 2.45) is 0 Å². The Kier molecular flexibility index (Phi) is 11.2. The Morgan fingerprint density at radius 2 is 1.56 bits per heavy atom. The minimum absolute atomic E-state index is 0.0389. The maximum Gasteiger partial charge on any atom is 0.336 e. The van der Waals surface area contributed by atoms with Crippen molar-refractivity contribution in [1.29, 1.82) is 0 Å². The van der Waals surface area contributed by atoms with E-state index >= 15 is 0 Å². The number of fused-ring (bicyclic) bond motifs is 1. The van der Waals surface area contributed by atoms with Crippen LogP contribution >= 0.6 is 0 Å². The van der Waals surface area contributed by atoms with Gasteiger partial charge in [0.2, 0.25) is 5.91 Å². The summed E-state index contributed by atoms with van der Waals surface area (Å²) in [6, 6.07) is 13.5. The molecule has 1 amide bonds. The van der Waals surface area contributed by atoms with Gasteiger partial charge in [-0.25, -0.2) is 9.18 Å². The van der Waals surface area contributed by atoms with Gasteiger partial charge in [-0.1, -0.05) is 24.3 Å². The van der Waals surface area contributed by atoms with Gasteiger partial charge in [0.15, 0.2) is 5.60 Å². The van der Waals surface area contributed by atoms with Gasteiger partial charge in [0.1, 0.15) is 5.82 Å². The molecule has 1 saturated heterocycles. The van der Waals surface area contributed by atoms with Gasteiger partial charge in [0, 0.05) is 45.3 Å². The molecule has 0 unspecified atom stereocenters. The number of amides is 1. The zero-order valence-corrected chi connectivity index (χ0v) is 24.5. The van der Waals surface area contributed by atoms with Crippen molar-refractivity contribution in [3.63, 3.8) is 0 Å². The third kappa shape index (κ3) is 8.98. The van der Waals surface area contributed by atoms with E-state index in [0.717, 1.165) is 57.5 Å². The Bertz CT molecular complexity index is 1290. The average molecular weight is 602 g/mol. The number of nitrogens with zero attached hydrogens (tertiary/aromatic N) is 2. The van der Waals surface area contributed by atoms with Crippen molar-refractivity contribution < 1.29 is 44.0 Å². The van der Waals surface area contributed by atoms with Crippen molar-refractivity contribution in [3.05, 3.63) is 65.0 Å². The summed E-state index contributed by atoms with van der Waals surface area (Å²) in [5.74, 6) is -5.30. The first-order valence-corrected chi connectivity index (χ1v) is 14.3. The molecule has 2 aliphatic heterocycles. The fraction of sp³-hybridized carbons (Fsp3) is 0.484. The van der Waals surface area contributed by atoms with Crippen LogP contribution in [0.4, 0.5) is 10.1 Å². The Hall–Kier alpha value is -4.03. The lowest BCUT2D eigenvalue weighted by Gasteiger charge is -2.43. The van der Waals surface area contributed by atoms with E-state index in [1.165, 1.54) is 35.4 Å². The number of aryl methyl sites for hydroxylation is 1. The SMILES string of the molecule is CCN1CCCc2cc(CN3CCC(NC(C)=O)(c4ccc(F)cc4)CC3)ccc21.O=C(O)CC(O)(CC(=O)O)C(=O)O. The Morgan fingerprint density at radius 1 is 0.953 bits per heavy atom. The number of carbonyl (C=O) groups is 4. The number of likely N-dealkylation sites (tertiary alicyclic amines) is 1. The van der Waals surface area contributed by atoms with Gasteiger partial charge in [0.05, 0.1) is 18.4 Å². The van der Waals surface area contributed by atoms with Gasteiger partial charge in [-0.2, -0.15) is 0 Å². The third-order valence-electron chi connectivity index (χ3n) is 7.95. The predicted molar refractivity (Wildman–Crippen MR) is 156 cm³/mol. The van der Waals surface area contributed by atoms with Crippen molar-refractivity contribution in [2.75, 3.05) is 31.1 Å². The molecule has 2 aromatic rings. The molecular formula is C31H40FN3O8. The molecule has 1 fully saturated rings. The molecule has 0 spiro atoms. The number of aliphatic carboxylic acids is 3. The number of hydrogen-bond acceptors (Lipinski definition) is 7. The lowest BCUT2D eigenvalue weighted by atomic mass is 9.80. The molecule has 0 atom stereocenters. The summed E-state index contributed by atoms with van der Waals surface area (Å²) in [6.45, 7) is 8.73. The van der Waals surface area contributed by atoms with Gasteiger partial charge >= 0.3 is 17.9 Å². The number of nitrogens with one attached hydrogen (secondary N) is 1. The zero-order valence-electron chi connectivity index (χ0n) is 24.5. The van der Waals surface area contributed by atoms with Crippen molar-refractivity contribution >= 4 is 29.5 Å². The summed E-state index contributed by atoms with van der Waals surface area (Å²) in [6.07, 6.45) is 1.75. The summed E-state index contributed by atoms with van der Waals surface area (Å²) < 4.78 is 13.4. The summed E-state index contributed by atoms with van der Waals surface area (Å²) in [4.78, 5) is 47.3. The quantitative estimate of drug-likeness (QED) is 0.273. The number of halogens is 1. The first-order chi connectivity index (χ1) is 20.3. The Morgan fingerprint density at radius 3 is 2.07 bits per heavy atom. The minimum atomic E-state index is -2.74. The fourth-order valence-corrected chi connectivity index (χ4v) is 5.81. The summed E-state index contributed by atoms with van der Waals surface area (Å²) in [5.41, 5.74) is 2.07. The first kappa shape index (κ1) is 33.5. The van der Waals surface area contributed by atoms with Gasteiger partial charge in [-0.3, -0.25) is 19.3 Å². The van der Waals surface area contributed by atoms with Crippen molar-refractivity contribution in [1.82, 2.24) is 10.2 Å². The highest BCUT2D eigenvalue weighted by atomic mass is 19.1. The molecule has 2 heterocycles. The molecule has 0 bridgehead atoms. The summed E-state index contributed by atoms with van der Waals surface area (Å²) in [5, 5.41) is 37.0. The zero-order chi connectivity index (χ0) is 31.8. The molecule has 43 heavy (non-hydrogen) atoms. The molecule has 234 valence electrons. The molecular weight excluding hydrogens is 561 g/mol. The van der Waals surface area contributed by atoms with Crippen molar-refractivity contribution in [2.45, 2.75) is 70.1 Å². The topological polar surface area (TPSA) is 168 Å². The van der Waals surface area contributed by atoms with Crippen LogP contribution in [0.15, 0.2) is 42.5 Å². The third-order valence-corrected chi connectivity index (χ3v) is 7.95. The van der Waals surface area contributed by atoms with Gasteiger partial charge in [-0.15, -0.1) is 0 Å². The molecule has 0 aliphatic carbocycles. The van der Waals surface area contributed by atoms with Crippen LogP contribution in [0, 0.1) is 5.82 Å². The maximum atomic E-state index is 13.4. The van der Waals surface area contributed by atoms with E-state index in [4.69, 9.17) is 20.4 Å². The summed E-state index contributed by atoms with van der Waals surface area (Å²) >= 11 is 0. The standard InChI is InChI=1S/C25H32FN3O.C6H8O7/c1-3-29-14-4-5-21-17-20(6-11-24(21)29)18-28-15-12-25(13-16-28,27-19(2)30)22-7-9-23(26)10-8-22;7-3(8)1-6(13,5(11)12)2-4(9)10/h6-11,17H,3-5,12-16,18H2,1-2H3,(H,27,30);13H,1-2H2,(H,7,8)(H,9,10)(H,11,12). The minimum Gasteiger partial charge on any atom is -0.481 e. The van der Waals surface area contributed by atoms with E-state index in [2.05, 4.69) is 40.2 Å². The number of carbonyl (C=O) groups excluding carboxylic acids is 1. The normalized spacial score (nSPS) is 16.3. The van der Waals surface area contributed by atoms with Crippen LogP contribution in [-0.4, -0.2) is 80.9 Å².